The molecule has 2 amide bonds. The smallest absolute Gasteiger partial charge is 0.262 e. The van der Waals surface area contributed by atoms with E-state index in [2.05, 4.69) is 16.2 Å². The zero-order chi connectivity index (χ0) is 27.1. The van der Waals surface area contributed by atoms with Crippen LogP contribution in [0.5, 0.6) is 5.88 Å². The fraction of sp³-hybridized carbons (Fsp3) is 0.321. The number of aliphatic hydroxyl groups excluding tert-OH is 1. The zero-order valence-corrected chi connectivity index (χ0v) is 21.4. The predicted molar refractivity (Wildman–Crippen MR) is 138 cm³/mol. The molecule has 0 radical (unpaired) electrons. The molecule has 2 aromatic carbocycles. The SMILES string of the molecule is CC12OC(CCOc3noc4ccc(Cl)cc34)(CC1O)C1C(=O)N(c3cccc4ncc(C#N)cc34)C(=O)C12. The van der Waals surface area contributed by atoms with Gasteiger partial charge in [0.05, 0.1) is 52.3 Å². The summed E-state index contributed by atoms with van der Waals surface area (Å²) in [5, 5.41) is 26.0. The number of hydrogen-bond donors (Lipinski definition) is 1. The maximum Gasteiger partial charge on any atom is 0.262 e. The number of pyridine rings is 1. The zero-order valence-electron chi connectivity index (χ0n) is 20.6. The van der Waals surface area contributed by atoms with Crippen LogP contribution < -0.4 is 9.64 Å². The van der Waals surface area contributed by atoms with E-state index in [1.54, 1.807) is 49.4 Å². The monoisotopic (exact) mass is 544 g/mol. The highest BCUT2D eigenvalue weighted by atomic mass is 35.5. The molecular weight excluding hydrogens is 524 g/mol. The first-order valence-electron chi connectivity index (χ1n) is 12.5. The number of nitriles is 1. The van der Waals surface area contributed by atoms with Gasteiger partial charge in [-0.3, -0.25) is 14.6 Å². The van der Waals surface area contributed by atoms with E-state index in [0.717, 1.165) is 0 Å². The Morgan fingerprint density at radius 3 is 2.85 bits per heavy atom. The number of carbonyl (C=O) groups is 2. The largest absolute Gasteiger partial charge is 0.475 e. The molecule has 1 N–H and O–H groups in total. The van der Waals surface area contributed by atoms with Gasteiger partial charge in [0.25, 0.3) is 5.88 Å². The lowest BCUT2D eigenvalue weighted by Gasteiger charge is -2.33. The molecule has 4 aromatic rings. The number of amides is 2. The summed E-state index contributed by atoms with van der Waals surface area (Å²) in [6, 6.07) is 13.9. The van der Waals surface area contributed by atoms with Crippen LogP contribution in [0.1, 0.15) is 25.3 Å². The molecule has 0 saturated carbocycles. The van der Waals surface area contributed by atoms with Crippen molar-refractivity contribution in [3.05, 3.63) is 59.2 Å². The number of carbonyl (C=O) groups excluding carboxylic acids is 2. The first-order chi connectivity index (χ1) is 18.8. The summed E-state index contributed by atoms with van der Waals surface area (Å²) in [6.07, 6.45) is 0.919. The Bertz CT molecular complexity index is 1750. The van der Waals surface area contributed by atoms with Gasteiger partial charge in [0.1, 0.15) is 11.7 Å². The van der Waals surface area contributed by atoms with Crippen molar-refractivity contribution >= 4 is 51.0 Å². The lowest BCUT2D eigenvalue weighted by atomic mass is 9.66. The quantitative estimate of drug-likeness (QED) is 0.372. The lowest BCUT2D eigenvalue weighted by molar-refractivity contribution is -0.134. The molecule has 3 aliphatic rings. The molecule has 2 aromatic heterocycles. The molecule has 2 bridgehead atoms. The van der Waals surface area contributed by atoms with Crippen LogP contribution in [-0.4, -0.2) is 51.0 Å². The Morgan fingerprint density at radius 2 is 2.03 bits per heavy atom. The Hall–Kier alpha value is -4.04. The molecule has 0 spiro atoms. The van der Waals surface area contributed by atoms with Gasteiger partial charge >= 0.3 is 0 Å². The predicted octanol–water partition coefficient (Wildman–Crippen LogP) is 3.77. The molecule has 5 heterocycles. The van der Waals surface area contributed by atoms with Gasteiger partial charge in [-0.25, -0.2) is 4.90 Å². The fourth-order valence-corrected chi connectivity index (χ4v) is 6.74. The van der Waals surface area contributed by atoms with E-state index in [1.165, 1.54) is 11.1 Å². The summed E-state index contributed by atoms with van der Waals surface area (Å²) < 4.78 is 17.6. The second-order valence-corrected chi connectivity index (χ2v) is 10.9. The number of ether oxygens (including phenoxy) is 2. The van der Waals surface area contributed by atoms with E-state index < -0.39 is 41.0 Å². The second kappa shape index (κ2) is 8.23. The summed E-state index contributed by atoms with van der Waals surface area (Å²) in [5.41, 5.74) is -0.603. The van der Waals surface area contributed by atoms with E-state index in [1.807, 2.05) is 0 Å². The van der Waals surface area contributed by atoms with Crippen LogP contribution in [0.2, 0.25) is 5.02 Å². The molecule has 5 atom stereocenters. The third-order valence-electron chi connectivity index (χ3n) is 8.35. The number of rotatable bonds is 5. The molecule has 10 nitrogen and oxygen atoms in total. The van der Waals surface area contributed by atoms with E-state index in [-0.39, 0.29) is 25.3 Å². The van der Waals surface area contributed by atoms with E-state index in [9.17, 15) is 20.0 Å². The van der Waals surface area contributed by atoms with Crippen LogP contribution in [0, 0.1) is 23.2 Å². The summed E-state index contributed by atoms with van der Waals surface area (Å²) in [4.78, 5) is 33.4. The lowest BCUT2D eigenvalue weighted by Crippen LogP contribution is -2.49. The highest BCUT2D eigenvalue weighted by molar-refractivity contribution is 6.31. The Labute approximate surface area is 226 Å². The number of hydrogen-bond acceptors (Lipinski definition) is 9. The molecule has 39 heavy (non-hydrogen) atoms. The van der Waals surface area contributed by atoms with Gasteiger partial charge in [-0.2, -0.15) is 5.26 Å². The number of fused-ring (bicyclic) bond motifs is 7. The van der Waals surface area contributed by atoms with Gasteiger partial charge in [-0.1, -0.05) is 17.7 Å². The van der Waals surface area contributed by atoms with Crippen LogP contribution in [0.4, 0.5) is 5.69 Å². The first-order valence-corrected chi connectivity index (χ1v) is 12.9. The van der Waals surface area contributed by atoms with Crippen molar-refractivity contribution in [2.24, 2.45) is 11.8 Å². The van der Waals surface area contributed by atoms with Crippen LogP contribution >= 0.6 is 11.6 Å². The highest BCUT2D eigenvalue weighted by Crippen LogP contribution is 2.62. The minimum Gasteiger partial charge on any atom is -0.475 e. The van der Waals surface area contributed by atoms with Gasteiger partial charge < -0.3 is 19.1 Å². The van der Waals surface area contributed by atoms with Crippen LogP contribution in [0.15, 0.2) is 53.2 Å². The topological polar surface area (TPSA) is 139 Å². The Kier molecular flexibility index (Phi) is 5.07. The average Bonchev–Trinajstić information content (AvgIpc) is 3.60. The molecule has 196 valence electrons. The van der Waals surface area contributed by atoms with Gasteiger partial charge in [-0.15, -0.1) is 0 Å². The molecule has 7 rings (SSSR count). The molecule has 3 fully saturated rings. The minimum atomic E-state index is -1.24. The normalized spacial score (nSPS) is 29.4. The molecule has 3 saturated heterocycles. The standard InChI is InChI=1S/C28H21ClN4O6/c1-27-21(34)11-28(39-27,7-8-37-24-17-10-15(29)5-6-20(17)38-32-24)23-22(27)25(35)33(26(23)36)19-4-2-3-18-16(19)9-14(12-30)13-31-18/h2-6,9-10,13,21-23,34H,7-8,11H2,1H3. The van der Waals surface area contributed by atoms with E-state index in [4.69, 9.17) is 25.6 Å². The molecule has 5 unspecified atom stereocenters. The number of nitrogens with zero attached hydrogens (tertiary/aromatic N) is 4. The number of imide groups is 1. The maximum atomic E-state index is 14.0. The number of benzene rings is 2. The summed E-state index contributed by atoms with van der Waals surface area (Å²) in [6.45, 7) is 1.79. The minimum absolute atomic E-state index is 0.103. The molecule has 11 heteroatoms. The van der Waals surface area contributed by atoms with Crippen molar-refractivity contribution < 1.29 is 28.7 Å². The van der Waals surface area contributed by atoms with Crippen molar-refractivity contribution in [3.63, 3.8) is 0 Å². The van der Waals surface area contributed by atoms with E-state index >= 15 is 0 Å². The summed E-state index contributed by atoms with van der Waals surface area (Å²) in [7, 11) is 0. The number of halogens is 1. The van der Waals surface area contributed by atoms with E-state index in [0.29, 0.717) is 38.1 Å². The molecule has 0 aliphatic carbocycles. The van der Waals surface area contributed by atoms with Crippen molar-refractivity contribution in [3.8, 4) is 11.9 Å². The summed E-state index contributed by atoms with van der Waals surface area (Å²) >= 11 is 6.11. The third kappa shape index (κ3) is 3.27. The Balaban J connectivity index is 1.22. The van der Waals surface area contributed by atoms with Crippen molar-refractivity contribution in [2.75, 3.05) is 11.5 Å². The van der Waals surface area contributed by atoms with Crippen LogP contribution in [0.25, 0.3) is 21.9 Å². The van der Waals surface area contributed by atoms with Crippen molar-refractivity contribution in [1.82, 2.24) is 10.1 Å². The van der Waals surface area contributed by atoms with Gasteiger partial charge in [-0.05, 0) is 48.5 Å². The van der Waals surface area contributed by atoms with Crippen LogP contribution in [-0.2, 0) is 14.3 Å². The molecule has 3 aliphatic heterocycles. The first kappa shape index (κ1) is 24.0. The van der Waals surface area contributed by atoms with Gasteiger partial charge in [0.15, 0.2) is 5.58 Å². The number of aromatic nitrogens is 2. The maximum absolute atomic E-state index is 14.0. The second-order valence-electron chi connectivity index (χ2n) is 10.4. The number of aliphatic hydroxyl groups is 1. The molecular formula is C28H21ClN4O6. The fourth-order valence-electron chi connectivity index (χ4n) is 6.56. The third-order valence-corrected chi connectivity index (χ3v) is 8.58. The Morgan fingerprint density at radius 1 is 1.21 bits per heavy atom. The van der Waals surface area contributed by atoms with Gasteiger partial charge in [0.2, 0.25) is 11.8 Å². The van der Waals surface area contributed by atoms with Crippen molar-refractivity contribution in [1.29, 1.82) is 5.26 Å². The number of anilines is 1. The van der Waals surface area contributed by atoms with Crippen molar-refractivity contribution in [2.45, 2.75) is 37.1 Å². The van der Waals surface area contributed by atoms with Gasteiger partial charge in [0, 0.05) is 29.4 Å². The highest BCUT2D eigenvalue weighted by Gasteiger charge is 2.77. The summed E-state index contributed by atoms with van der Waals surface area (Å²) in [5.74, 6) is -2.28. The van der Waals surface area contributed by atoms with Crippen LogP contribution in [0.3, 0.4) is 0 Å². The average molecular weight is 545 g/mol.